The predicted molar refractivity (Wildman–Crippen MR) is 119 cm³/mol. The quantitative estimate of drug-likeness (QED) is 0.767. The van der Waals surface area contributed by atoms with Crippen molar-refractivity contribution in [2.75, 3.05) is 31.5 Å². The summed E-state index contributed by atoms with van der Waals surface area (Å²) in [4.78, 5) is 32.3. The molecule has 7 heteroatoms. The van der Waals surface area contributed by atoms with E-state index >= 15 is 0 Å². The Bertz CT molecular complexity index is 873. The normalized spacial score (nSPS) is 17.2. The fourth-order valence-electron chi connectivity index (χ4n) is 4.08. The maximum atomic E-state index is 12.4. The summed E-state index contributed by atoms with van der Waals surface area (Å²) in [5.74, 6) is 1.39. The zero-order chi connectivity index (χ0) is 21.6. The first-order valence-corrected chi connectivity index (χ1v) is 11.1. The van der Waals surface area contributed by atoms with Gasteiger partial charge in [0.25, 0.3) is 0 Å². The van der Waals surface area contributed by atoms with Crippen LogP contribution in [0.2, 0.25) is 0 Å². The highest BCUT2D eigenvalue weighted by atomic mass is 16.5. The first kappa shape index (κ1) is 21.2. The molecule has 2 fully saturated rings. The molecule has 0 unspecified atom stereocenters. The van der Waals surface area contributed by atoms with Crippen molar-refractivity contribution in [3.8, 4) is 5.75 Å². The predicted octanol–water partition coefficient (Wildman–Crippen LogP) is 3.88. The molecule has 31 heavy (non-hydrogen) atoms. The van der Waals surface area contributed by atoms with Crippen LogP contribution in [0.25, 0.3) is 0 Å². The molecule has 1 aromatic carbocycles. The molecule has 2 aromatic rings. The zero-order valence-corrected chi connectivity index (χ0v) is 18.0. The number of amides is 3. The van der Waals surface area contributed by atoms with E-state index in [1.165, 1.54) is 5.56 Å². The molecule has 0 aliphatic carbocycles. The molecule has 3 amide bonds. The lowest BCUT2D eigenvalue weighted by atomic mass is 9.93. The number of urea groups is 1. The molecule has 3 heterocycles. The minimum Gasteiger partial charge on any atom is -0.490 e. The number of carbonyl (C=O) groups excluding carboxylic acids is 2. The fourth-order valence-corrected chi connectivity index (χ4v) is 4.08. The van der Waals surface area contributed by atoms with Gasteiger partial charge in [0.05, 0.1) is 0 Å². The summed E-state index contributed by atoms with van der Waals surface area (Å²) in [7, 11) is 0. The van der Waals surface area contributed by atoms with Gasteiger partial charge in [0.2, 0.25) is 5.91 Å². The van der Waals surface area contributed by atoms with E-state index in [9.17, 15) is 9.59 Å². The Labute approximate surface area is 183 Å². The number of ether oxygens (including phenoxy) is 1. The first-order valence-electron chi connectivity index (χ1n) is 11.1. The second-order valence-electron chi connectivity index (χ2n) is 8.29. The molecular weight excluding hydrogens is 392 g/mol. The van der Waals surface area contributed by atoms with E-state index in [2.05, 4.69) is 16.4 Å². The third-order valence-electron chi connectivity index (χ3n) is 5.99. The molecule has 1 N–H and O–H groups in total. The zero-order valence-electron chi connectivity index (χ0n) is 18.0. The average molecular weight is 423 g/mol. The topological polar surface area (TPSA) is 74.8 Å². The number of hydrogen-bond acceptors (Lipinski definition) is 4. The lowest BCUT2D eigenvalue weighted by Gasteiger charge is -2.39. The lowest BCUT2D eigenvalue weighted by Crippen LogP contribution is -2.50. The lowest BCUT2D eigenvalue weighted by molar-refractivity contribution is -0.133. The maximum Gasteiger partial charge on any atom is 0.321 e. The fraction of sp³-hybridized carbons (Fsp3) is 0.458. The molecule has 7 nitrogen and oxygen atoms in total. The van der Waals surface area contributed by atoms with Crippen LogP contribution in [-0.2, 0) is 4.79 Å². The van der Waals surface area contributed by atoms with E-state index in [-0.39, 0.29) is 18.0 Å². The summed E-state index contributed by atoms with van der Waals surface area (Å²) in [6.07, 6.45) is 6.96. The van der Waals surface area contributed by atoms with Gasteiger partial charge in [-0.3, -0.25) is 9.78 Å². The van der Waals surface area contributed by atoms with Crippen molar-refractivity contribution in [1.29, 1.82) is 0 Å². The van der Waals surface area contributed by atoms with E-state index in [0.29, 0.717) is 25.4 Å². The molecule has 2 saturated heterocycles. The van der Waals surface area contributed by atoms with Crippen LogP contribution in [-0.4, -0.2) is 59.0 Å². The summed E-state index contributed by atoms with van der Waals surface area (Å²) in [5.41, 5.74) is 1.93. The van der Waals surface area contributed by atoms with Crippen LogP contribution in [0.4, 0.5) is 10.5 Å². The summed E-state index contributed by atoms with van der Waals surface area (Å²) < 4.78 is 6.08. The van der Waals surface area contributed by atoms with Gasteiger partial charge >= 0.3 is 6.03 Å². The number of nitrogens with zero attached hydrogens (tertiary/aromatic N) is 3. The molecule has 4 rings (SSSR count). The highest BCUT2D eigenvalue weighted by Gasteiger charge is 2.31. The SMILES string of the molecule is CCCC(=O)N1CCC(Oc2ccc(NC(=O)N3CC(c4cccnc4)C3)cc2)CC1. The Morgan fingerprint density at radius 3 is 2.48 bits per heavy atom. The molecule has 0 bridgehead atoms. The van der Waals surface area contributed by atoms with Gasteiger partial charge < -0.3 is 19.9 Å². The largest absolute Gasteiger partial charge is 0.490 e. The van der Waals surface area contributed by atoms with Crippen LogP contribution >= 0.6 is 0 Å². The first-order chi connectivity index (χ1) is 15.1. The van der Waals surface area contributed by atoms with Crippen LogP contribution < -0.4 is 10.1 Å². The number of aromatic nitrogens is 1. The molecule has 1 aromatic heterocycles. The minimum absolute atomic E-state index is 0.0853. The molecule has 0 radical (unpaired) electrons. The van der Waals surface area contributed by atoms with Crippen molar-refractivity contribution in [3.05, 3.63) is 54.4 Å². The Balaban J connectivity index is 1.20. The van der Waals surface area contributed by atoms with Crippen LogP contribution in [0.1, 0.15) is 44.1 Å². The van der Waals surface area contributed by atoms with Gasteiger partial charge in [-0.25, -0.2) is 4.79 Å². The van der Waals surface area contributed by atoms with Gasteiger partial charge in [-0.1, -0.05) is 13.0 Å². The standard InChI is InChI=1S/C24H30N4O3/c1-2-4-23(29)27-13-10-22(11-14-27)31-21-8-6-20(7-9-21)26-24(30)28-16-19(17-28)18-5-3-12-25-15-18/h3,5-9,12,15,19,22H,2,4,10-11,13-14,16-17H2,1H3,(H,26,30). The smallest absolute Gasteiger partial charge is 0.321 e. The third kappa shape index (κ3) is 5.34. The average Bonchev–Trinajstić information content (AvgIpc) is 2.75. The van der Waals surface area contributed by atoms with Gasteiger partial charge in [0, 0.05) is 69.4 Å². The number of hydrogen-bond donors (Lipinski definition) is 1. The molecule has 164 valence electrons. The van der Waals surface area contributed by atoms with Gasteiger partial charge in [-0.15, -0.1) is 0 Å². The number of likely N-dealkylation sites (tertiary alicyclic amines) is 2. The van der Waals surface area contributed by atoms with Gasteiger partial charge in [-0.2, -0.15) is 0 Å². The highest BCUT2D eigenvalue weighted by Crippen LogP contribution is 2.27. The van der Waals surface area contributed by atoms with Crippen LogP contribution in [0, 0.1) is 0 Å². The van der Waals surface area contributed by atoms with E-state index in [4.69, 9.17) is 4.74 Å². The van der Waals surface area contributed by atoms with Crippen LogP contribution in [0.15, 0.2) is 48.8 Å². The van der Waals surface area contributed by atoms with Gasteiger partial charge in [0.1, 0.15) is 11.9 Å². The summed E-state index contributed by atoms with van der Waals surface area (Å²) in [5, 5.41) is 2.95. The van der Waals surface area contributed by atoms with Crippen LogP contribution in [0.5, 0.6) is 5.75 Å². The van der Waals surface area contributed by atoms with Gasteiger partial charge in [-0.05, 0) is 42.3 Å². The molecule has 2 aliphatic rings. The number of rotatable bonds is 6. The summed E-state index contributed by atoms with van der Waals surface area (Å²) in [6, 6.07) is 11.4. The monoisotopic (exact) mass is 422 g/mol. The number of benzene rings is 1. The molecule has 2 aliphatic heterocycles. The van der Waals surface area contributed by atoms with Crippen molar-refractivity contribution in [2.24, 2.45) is 0 Å². The van der Waals surface area contributed by atoms with Gasteiger partial charge in [0.15, 0.2) is 0 Å². The van der Waals surface area contributed by atoms with Crippen molar-refractivity contribution in [2.45, 2.75) is 44.6 Å². The van der Waals surface area contributed by atoms with Crippen molar-refractivity contribution in [1.82, 2.24) is 14.8 Å². The summed E-state index contributed by atoms with van der Waals surface area (Å²) >= 11 is 0. The maximum absolute atomic E-state index is 12.4. The number of nitrogens with one attached hydrogen (secondary N) is 1. The number of piperidine rings is 1. The Morgan fingerprint density at radius 1 is 1.10 bits per heavy atom. The Hall–Kier alpha value is -3.09. The molecule has 0 saturated carbocycles. The Morgan fingerprint density at radius 2 is 1.84 bits per heavy atom. The molecule has 0 atom stereocenters. The third-order valence-corrected chi connectivity index (χ3v) is 5.99. The van der Waals surface area contributed by atoms with Crippen molar-refractivity contribution >= 4 is 17.6 Å². The minimum atomic E-state index is -0.0853. The Kier molecular flexibility index (Phi) is 6.70. The van der Waals surface area contributed by atoms with Crippen LogP contribution in [0.3, 0.4) is 0 Å². The molecular formula is C24H30N4O3. The van der Waals surface area contributed by atoms with Crippen molar-refractivity contribution < 1.29 is 14.3 Å². The second kappa shape index (κ2) is 9.81. The molecule has 0 spiro atoms. The summed E-state index contributed by atoms with van der Waals surface area (Å²) in [6.45, 7) is 4.96. The second-order valence-corrected chi connectivity index (χ2v) is 8.29. The number of pyridine rings is 1. The number of carbonyl (C=O) groups is 2. The number of anilines is 1. The van der Waals surface area contributed by atoms with E-state index in [0.717, 1.165) is 43.8 Å². The van der Waals surface area contributed by atoms with Crippen molar-refractivity contribution in [3.63, 3.8) is 0 Å². The van der Waals surface area contributed by atoms with E-state index < -0.39 is 0 Å². The van der Waals surface area contributed by atoms with E-state index in [1.54, 1.807) is 11.1 Å². The highest BCUT2D eigenvalue weighted by molar-refractivity contribution is 5.90. The van der Waals surface area contributed by atoms with E-state index in [1.807, 2.05) is 48.4 Å².